The van der Waals surface area contributed by atoms with Crippen molar-refractivity contribution in [1.29, 1.82) is 0 Å². The van der Waals surface area contributed by atoms with E-state index >= 15 is 0 Å². The van der Waals surface area contributed by atoms with Crippen molar-refractivity contribution in [1.82, 2.24) is 5.06 Å². The van der Waals surface area contributed by atoms with E-state index in [-0.39, 0.29) is 5.96 Å². The van der Waals surface area contributed by atoms with Gasteiger partial charge in [0.05, 0.1) is 0 Å². The smallest absolute Gasteiger partial charge is 0.325 e. The molecule has 0 rings (SSSR count). The van der Waals surface area contributed by atoms with Crippen molar-refractivity contribution in [3.8, 4) is 0 Å². The van der Waals surface area contributed by atoms with E-state index in [4.69, 9.17) is 16.0 Å². The molecule has 6 nitrogen and oxygen atoms in total. The van der Waals surface area contributed by atoms with Crippen LogP contribution in [-0.2, 0) is 4.79 Å². The van der Waals surface area contributed by atoms with Crippen LogP contribution in [0.1, 0.15) is 0 Å². The summed E-state index contributed by atoms with van der Waals surface area (Å²) in [6, 6.07) is 0. The topological polar surface area (TPSA) is 99.1 Å². The third kappa shape index (κ3) is 2.88. The Balaban J connectivity index is 3.85. The molecule has 0 aliphatic rings. The Morgan fingerprint density at radius 2 is 2.30 bits per heavy atom. The first-order valence-electron chi connectivity index (χ1n) is 2.48. The van der Waals surface area contributed by atoms with Gasteiger partial charge in [-0.3, -0.25) is 15.0 Å². The molecule has 6 heteroatoms. The van der Waals surface area contributed by atoms with Gasteiger partial charge in [0.2, 0.25) is 5.96 Å². The lowest BCUT2D eigenvalue weighted by Crippen LogP contribution is -2.37. The van der Waals surface area contributed by atoms with E-state index in [0.717, 1.165) is 0 Å². The first-order valence-corrected chi connectivity index (χ1v) is 2.48. The summed E-state index contributed by atoms with van der Waals surface area (Å²) in [6.45, 7) is -0.566. The SMILES string of the molecule is CN=C(N)N(O)CC(=O)O. The molecule has 0 heterocycles. The van der Waals surface area contributed by atoms with Crippen LogP contribution in [0.3, 0.4) is 0 Å². The van der Waals surface area contributed by atoms with E-state index in [1.165, 1.54) is 7.05 Å². The maximum Gasteiger partial charge on any atom is 0.325 e. The maximum absolute atomic E-state index is 9.92. The van der Waals surface area contributed by atoms with Gasteiger partial charge in [-0.25, -0.2) is 5.06 Å². The summed E-state index contributed by atoms with van der Waals surface area (Å²) in [7, 11) is 1.35. The zero-order valence-electron chi connectivity index (χ0n) is 5.48. The van der Waals surface area contributed by atoms with Crippen LogP contribution in [-0.4, -0.2) is 40.9 Å². The Bertz CT molecular complexity index is 156. The molecule has 0 saturated heterocycles. The van der Waals surface area contributed by atoms with Gasteiger partial charge in [0.25, 0.3) is 0 Å². The first-order chi connectivity index (χ1) is 4.57. The van der Waals surface area contributed by atoms with Crippen LogP contribution in [0, 0.1) is 0 Å². The molecule has 10 heavy (non-hydrogen) atoms. The minimum absolute atomic E-state index is 0.220. The van der Waals surface area contributed by atoms with Gasteiger partial charge in [-0.15, -0.1) is 0 Å². The maximum atomic E-state index is 9.92. The van der Waals surface area contributed by atoms with Crippen LogP contribution >= 0.6 is 0 Å². The standard InChI is InChI=1S/C4H9N3O3/c1-6-4(5)7(10)2-3(8)9/h10H,2H2,1H3,(H2,5,6)(H,8,9). The van der Waals surface area contributed by atoms with Gasteiger partial charge in [-0.2, -0.15) is 0 Å². The molecule has 0 fully saturated rings. The van der Waals surface area contributed by atoms with E-state index in [0.29, 0.717) is 5.06 Å². The molecule has 0 atom stereocenters. The van der Waals surface area contributed by atoms with E-state index < -0.39 is 12.5 Å². The largest absolute Gasteiger partial charge is 0.480 e. The Hall–Kier alpha value is -1.30. The molecule has 0 aliphatic carbocycles. The number of nitrogens with two attached hydrogens (primary N) is 1. The first kappa shape index (κ1) is 8.70. The monoisotopic (exact) mass is 147 g/mol. The normalized spacial score (nSPS) is 11.2. The van der Waals surface area contributed by atoms with Crippen molar-refractivity contribution in [3.63, 3.8) is 0 Å². The highest BCUT2D eigenvalue weighted by atomic mass is 16.5. The minimum atomic E-state index is -1.17. The van der Waals surface area contributed by atoms with E-state index in [1.54, 1.807) is 0 Å². The van der Waals surface area contributed by atoms with Gasteiger partial charge in [0.15, 0.2) is 0 Å². The molecule has 58 valence electrons. The van der Waals surface area contributed by atoms with Crippen LogP contribution < -0.4 is 5.73 Å². The number of hydroxylamine groups is 2. The lowest BCUT2D eigenvalue weighted by molar-refractivity contribution is -0.144. The number of aliphatic carboxylic acids is 1. The lowest BCUT2D eigenvalue weighted by Gasteiger charge is -2.11. The van der Waals surface area contributed by atoms with Gasteiger partial charge in [-0.05, 0) is 0 Å². The summed E-state index contributed by atoms with van der Waals surface area (Å²) in [5.41, 5.74) is 5.03. The number of hydrogen-bond acceptors (Lipinski definition) is 3. The fraction of sp³-hybridized carbons (Fsp3) is 0.500. The summed E-state index contributed by atoms with van der Waals surface area (Å²) in [6.07, 6.45) is 0. The molecule has 0 aromatic rings. The summed E-state index contributed by atoms with van der Waals surface area (Å²) >= 11 is 0. The second kappa shape index (κ2) is 3.67. The molecule has 0 spiro atoms. The van der Waals surface area contributed by atoms with Crippen LogP contribution in [0.15, 0.2) is 4.99 Å². The number of carboxylic acid groups (broad SMARTS) is 1. The van der Waals surface area contributed by atoms with Gasteiger partial charge >= 0.3 is 5.97 Å². The zero-order valence-corrected chi connectivity index (χ0v) is 5.48. The number of nitrogens with zero attached hydrogens (tertiary/aromatic N) is 2. The van der Waals surface area contributed by atoms with Gasteiger partial charge in [-0.1, -0.05) is 0 Å². The second-order valence-electron chi connectivity index (χ2n) is 1.53. The highest BCUT2D eigenvalue weighted by Gasteiger charge is 2.06. The number of carbonyl (C=O) groups is 1. The number of guanidine groups is 1. The third-order valence-electron chi connectivity index (χ3n) is 0.779. The van der Waals surface area contributed by atoms with Crippen LogP contribution in [0.2, 0.25) is 0 Å². The van der Waals surface area contributed by atoms with Crippen LogP contribution in [0.5, 0.6) is 0 Å². The third-order valence-corrected chi connectivity index (χ3v) is 0.779. The Morgan fingerprint density at radius 3 is 2.60 bits per heavy atom. The summed E-state index contributed by atoms with van der Waals surface area (Å²) in [5, 5.41) is 17.2. The highest BCUT2D eigenvalue weighted by molar-refractivity contribution is 5.81. The Labute approximate surface area is 57.5 Å². The van der Waals surface area contributed by atoms with Gasteiger partial charge in [0.1, 0.15) is 6.54 Å². The van der Waals surface area contributed by atoms with Crippen molar-refractivity contribution in [2.24, 2.45) is 10.7 Å². The van der Waals surface area contributed by atoms with Crippen LogP contribution in [0.4, 0.5) is 0 Å². The number of hydrogen-bond donors (Lipinski definition) is 3. The molecule has 0 bridgehead atoms. The van der Waals surface area contributed by atoms with Crippen molar-refractivity contribution in [2.75, 3.05) is 13.6 Å². The summed E-state index contributed by atoms with van der Waals surface area (Å²) in [5.74, 6) is -1.39. The molecule has 0 unspecified atom stereocenters. The van der Waals surface area contributed by atoms with E-state index in [2.05, 4.69) is 4.99 Å². The molecule has 0 radical (unpaired) electrons. The minimum Gasteiger partial charge on any atom is -0.480 e. The highest BCUT2D eigenvalue weighted by Crippen LogP contribution is 1.79. The quantitative estimate of drug-likeness (QED) is 0.256. The molecule has 0 aliphatic heterocycles. The fourth-order valence-electron chi connectivity index (χ4n) is 0.325. The predicted molar refractivity (Wildman–Crippen MR) is 33.7 cm³/mol. The van der Waals surface area contributed by atoms with Crippen molar-refractivity contribution in [3.05, 3.63) is 0 Å². The van der Waals surface area contributed by atoms with Crippen LogP contribution in [0.25, 0.3) is 0 Å². The summed E-state index contributed by atoms with van der Waals surface area (Å²) < 4.78 is 0. The molecular formula is C4H9N3O3. The molecule has 0 saturated carbocycles. The molecule has 0 amide bonds. The second-order valence-corrected chi connectivity index (χ2v) is 1.53. The number of rotatable bonds is 2. The molecule has 0 aromatic carbocycles. The average molecular weight is 147 g/mol. The van der Waals surface area contributed by atoms with Crippen molar-refractivity contribution in [2.45, 2.75) is 0 Å². The lowest BCUT2D eigenvalue weighted by atomic mass is 10.6. The fourth-order valence-corrected chi connectivity index (χ4v) is 0.325. The average Bonchev–Trinajstić information content (AvgIpc) is 1.85. The van der Waals surface area contributed by atoms with E-state index in [9.17, 15) is 4.79 Å². The summed E-state index contributed by atoms with van der Waals surface area (Å²) in [4.78, 5) is 13.3. The number of aliphatic imine (C=N–C) groups is 1. The van der Waals surface area contributed by atoms with E-state index in [1.807, 2.05) is 0 Å². The predicted octanol–water partition coefficient (Wildman–Crippen LogP) is -1.29. The zero-order chi connectivity index (χ0) is 8.15. The van der Waals surface area contributed by atoms with Gasteiger partial charge < -0.3 is 10.8 Å². The molecule has 4 N–H and O–H groups in total. The van der Waals surface area contributed by atoms with Crippen molar-refractivity contribution < 1.29 is 15.1 Å². The Kier molecular flexibility index (Phi) is 3.20. The van der Waals surface area contributed by atoms with Crippen molar-refractivity contribution >= 4 is 11.9 Å². The number of carboxylic acids is 1. The van der Waals surface area contributed by atoms with Gasteiger partial charge in [0, 0.05) is 7.05 Å². The molecule has 0 aromatic heterocycles. The Morgan fingerprint density at radius 1 is 1.80 bits per heavy atom. The molecular weight excluding hydrogens is 138 g/mol.